The van der Waals surface area contributed by atoms with Crippen LogP contribution in [-0.4, -0.2) is 31.1 Å². The van der Waals surface area contributed by atoms with E-state index in [-0.39, 0.29) is 5.82 Å². The van der Waals surface area contributed by atoms with Crippen LogP contribution in [0, 0.1) is 15.3 Å². The molecular weight excluding hydrogens is 342 g/mol. The molecule has 1 saturated carbocycles. The first-order chi connectivity index (χ1) is 8.75. The van der Waals surface area contributed by atoms with Crippen LogP contribution >= 0.6 is 22.6 Å². The van der Waals surface area contributed by atoms with Crippen LogP contribution in [0.15, 0.2) is 18.2 Å². The topological polar surface area (TPSA) is 15.3 Å². The number of benzene rings is 1. The first kappa shape index (κ1) is 12.8. The molecule has 1 aromatic carbocycles. The summed E-state index contributed by atoms with van der Waals surface area (Å²) in [6.07, 6.45) is 2.50. The molecule has 18 heavy (non-hydrogen) atoms. The quantitative estimate of drug-likeness (QED) is 0.834. The molecule has 1 heterocycles. The van der Waals surface area contributed by atoms with Gasteiger partial charge in [0.15, 0.2) is 0 Å². The van der Waals surface area contributed by atoms with Crippen LogP contribution in [-0.2, 0) is 0 Å². The Kier molecular flexibility index (Phi) is 3.86. The fraction of sp³-hybridized carbons (Fsp3) is 0.571. The van der Waals surface area contributed by atoms with E-state index in [1.54, 1.807) is 6.07 Å². The summed E-state index contributed by atoms with van der Waals surface area (Å²) >= 11 is 2.27. The van der Waals surface area contributed by atoms with E-state index in [1.807, 2.05) is 12.1 Å². The van der Waals surface area contributed by atoms with Gasteiger partial charge in [-0.25, -0.2) is 4.39 Å². The molecule has 2 aliphatic rings. The zero-order valence-electron chi connectivity index (χ0n) is 10.3. The standard InChI is InChI=1S/C14H18FIN2/c15-13-4-3-11(16)9-12(13)14(10-1-2-10)18-7-5-17-6-8-18/h3-4,9-10,14,17H,1-2,5-8H2/t14-/m1/s1. The Morgan fingerprint density at radius 2 is 2.00 bits per heavy atom. The zero-order valence-corrected chi connectivity index (χ0v) is 12.5. The van der Waals surface area contributed by atoms with Gasteiger partial charge < -0.3 is 5.32 Å². The Morgan fingerprint density at radius 1 is 1.28 bits per heavy atom. The molecule has 1 N–H and O–H groups in total. The molecule has 0 bridgehead atoms. The molecule has 98 valence electrons. The third kappa shape index (κ3) is 2.70. The highest BCUT2D eigenvalue weighted by Crippen LogP contribution is 2.45. The number of nitrogens with one attached hydrogen (secondary N) is 1. The molecule has 0 radical (unpaired) electrons. The molecule has 1 aliphatic heterocycles. The summed E-state index contributed by atoms with van der Waals surface area (Å²) in [6.45, 7) is 4.11. The van der Waals surface area contributed by atoms with Crippen molar-refractivity contribution in [3.63, 3.8) is 0 Å². The number of hydrogen-bond acceptors (Lipinski definition) is 2. The van der Waals surface area contributed by atoms with E-state index in [4.69, 9.17) is 0 Å². The fourth-order valence-electron chi connectivity index (χ4n) is 2.86. The lowest BCUT2D eigenvalue weighted by Crippen LogP contribution is -2.45. The molecular formula is C14H18FIN2. The van der Waals surface area contributed by atoms with Gasteiger partial charge in [0, 0.05) is 41.4 Å². The van der Waals surface area contributed by atoms with Crippen molar-refractivity contribution in [2.24, 2.45) is 5.92 Å². The number of nitrogens with zero attached hydrogens (tertiary/aromatic N) is 1. The molecule has 1 aromatic rings. The van der Waals surface area contributed by atoms with Crippen LogP contribution in [0.5, 0.6) is 0 Å². The molecule has 2 nitrogen and oxygen atoms in total. The van der Waals surface area contributed by atoms with Gasteiger partial charge in [-0.15, -0.1) is 0 Å². The van der Waals surface area contributed by atoms with Gasteiger partial charge in [-0.1, -0.05) is 0 Å². The average Bonchev–Trinajstić information content (AvgIpc) is 3.20. The van der Waals surface area contributed by atoms with E-state index in [9.17, 15) is 4.39 Å². The average molecular weight is 360 g/mol. The maximum atomic E-state index is 14.1. The molecule has 1 saturated heterocycles. The molecule has 3 rings (SSSR count). The van der Waals surface area contributed by atoms with E-state index >= 15 is 0 Å². The molecule has 2 fully saturated rings. The Labute approximate surface area is 121 Å². The van der Waals surface area contributed by atoms with Crippen LogP contribution in [0.4, 0.5) is 4.39 Å². The molecule has 1 atom stereocenters. The van der Waals surface area contributed by atoms with Gasteiger partial charge in [0.05, 0.1) is 0 Å². The van der Waals surface area contributed by atoms with Crippen LogP contribution in [0.2, 0.25) is 0 Å². The first-order valence-electron chi connectivity index (χ1n) is 6.65. The van der Waals surface area contributed by atoms with E-state index in [0.717, 1.165) is 35.3 Å². The third-order valence-electron chi connectivity index (χ3n) is 3.89. The Balaban J connectivity index is 1.90. The minimum atomic E-state index is -0.0363. The van der Waals surface area contributed by atoms with E-state index in [1.165, 1.54) is 12.8 Å². The van der Waals surface area contributed by atoms with Gasteiger partial charge in [-0.3, -0.25) is 4.90 Å². The summed E-state index contributed by atoms with van der Waals surface area (Å²) in [4.78, 5) is 2.46. The summed E-state index contributed by atoms with van der Waals surface area (Å²) in [5.74, 6) is 0.627. The van der Waals surface area contributed by atoms with E-state index in [0.29, 0.717) is 12.0 Å². The molecule has 0 spiro atoms. The summed E-state index contributed by atoms with van der Waals surface area (Å²) in [6, 6.07) is 5.79. The largest absolute Gasteiger partial charge is 0.314 e. The van der Waals surface area contributed by atoms with Crippen molar-refractivity contribution in [2.45, 2.75) is 18.9 Å². The second kappa shape index (κ2) is 5.43. The monoisotopic (exact) mass is 360 g/mol. The van der Waals surface area contributed by atoms with Crippen molar-refractivity contribution < 1.29 is 4.39 Å². The maximum absolute atomic E-state index is 14.1. The number of hydrogen-bond donors (Lipinski definition) is 1. The maximum Gasteiger partial charge on any atom is 0.128 e. The van der Waals surface area contributed by atoms with Gasteiger partial charge in [0.2, 0.25) is 0 Å². The van der Waals surface area contributed by atoms with Gasteiger partial charge in [-0.2, -0.15) is 0 Å². The second-order valence-electron chi connectivity index (χ2n) is 5.23. The smallest absolute Gasteiger partial charge is 0.128 e. The molecule has 1 aliphatic carbocycles. The fourth-order valence-corrected chi connectivity index (χ4v) is 3.38. The predicted molar refractivity (Wildman–Crippen MR) is 79.0 cm³/mol. The molecule has 0 aromatic heterocycles. The SMILES string of the molecule is Fc1ccc(I)cc1[C@@H](C1CC1)N1CCNCC1. The summed E-state index contributed by atoms with van der Waals surface area (Å²) < 4.78 is 15.2. The van der Waals surface area contributed by atoms with Gasteiger partial charge in [-0.05, 0) is 59.5 Å². The summed E-state index contributed by atoms with van der Waals surface area (Å²) in [5.41, 5.74) is 0.909. The van der Waals surface area contributed by atoms with Crippen molar-refractivity contribution in [3.05, 3.63) is 33.1 Å². The highest BCUT2D eigenvalue weighted by Gasteiger charge is 2.38. The van der Waals surface area contributed by atoms with E-state index < -0.39 is 0 Å². The predicted octanol–water partition coefficient (Wildman–Crippen LogP) is 2.79. The van der Waals surface area contributed by atoms with Crippen molar-refractivity contribution in [3.8, 4) is 0 Å². The van der Waals surface area contributed by atoms with Crippen molar-refractivity contribution in [1.29, 1.82) is 0 Å². The lowest BCUT2D eigenvalue weighted by atomic mass is 9.99. The van der Waals surface area contributed by atoms with Gasteiger partial charge in [0.1, 0.15) is 5.82 Å². The number of piperazine rings is 1. The minimum absolute atomic E-state index is 0.0363. The zero-order chi connectivity index (χ0) is 12.5. The Hall–Kier alpha value is -0.200. The number of halogens is 2. The molecule has 4 heteroatoms. The lowest BCUT2D eigenvalue weighted by molar-refractivity contribution is 0.153. The second-order valence-corrected chi connectivity index (χ2v) is 6.48. The van der Waals surface area contributed by atoms with Crippen LogP contribution in [0.25, 0.3) is 0 Å². The normalized spacial score (nSPS) is 23.0. The summed E-state index contributed by atoms with van der Waals surface area (Å²) in [5, 5.41) is 3.37. The van der Waals surface area contributed by atoms with Crippen molar-refractivity contribution >= 4 is 22.6 Å². The number of rotatable bonds is 3. The first-order valence-corrected chi connectivity index (χ1v) is 7.73. The van der Waals surface area contributed by atoms with Crippen LogP contribution in [0.3, 0.4) is 0 Å². The van der Waals surface area contributed by atoms with Crippen LogP contribution < -0.4 is 5.32 Å². The minimum Gasteiger partial charge on any atom is -0.314 e. The van der Waals surface area contributed by atoms with Gasteiger partial charge in [0.25, 0.3) is 0 Å². The van der Waals surface area contributed by atoms with Crippen LogP contribution in [0.1, 0.15) is 24.4 Å². The molecule has 0 unspecified atom stereocenters. The Bertz CT molecular complexity index is 428. The molecule has 0 amide bonds. The highest BCUT2D eigenvalue weighted by molar-refractivity contribution is 14.1. The Morgan fingerprint density at radius 3 is 2.67 bits per heavy atom. The highest BCUT2D eigenvalue weighted by atomic mass is 127. The van der Waals surface area contributed by atoms with E-state index in [2.05, 4.69) is 32.8 Å². The van der Waals surface area contributed by atoms with Crippen molar-refractivity contribution in [1.82, 2.24) is 10.2 Å². The van der Waals surface area contributed by atoms with Gasteiger partial charge >= 0.3 is 0 Å². The van der Waals surface area contributed by atoms with Crippen molar-refractivity contribution in [2.75, 3.05) is 26.2 Å². The summed E-state index contributed by atoms with van der Waals surface area (Å²) in [7, 11) is 0. The third-order valence-corrected chi connectivity index (χ3v) is 4.56. The lowest BCUT2D eigenvalue weighted by Gasteiger charge is -2.35.